The Kier molecular flexibility index (Phi) is 5.74. The van der Waals surface area contributed by atoms with Gasteiger partial charge in [0.25, 0.3) is 0 Å². The van der Waals surface area contributed by atoms with Crippen LogP contribution in [0, 0.1) is 11.3 Å². The topological polar surface area (TPSA) is 66.4 Å². The van der Waals surface area contributed by atoms with Gasteiger partial charge in [0.2, 0.25) is 5.91 Å². The summed E-state index contributed by atoms with van der Waals surface area (Å²) in [4.78, 5) is 23.0. The quantitative estimate of drug-likeness (QED) is 0.839. The average molecular weight is 277 g/mol. The van der Waals surface area contributed by atoms with Crippen molar-refractivity contribution in [1.29, 1.82) is 0 Å². The zero-order valence-electron chi connectivity index (χ0n) is 12.3. The van der Waals surface area contributed by atoms with E-state index in [1.54, 1.807) is 0 Å². The highest BCUT2D eigenvalue weighted by Crippen LogP contribution is 2.18. The first-order valence-electron chi connectivity index (χ1n) is 6.81. The first-order valence-corrected chi connectivity index (χ1v) is 6.81. The molecule has 0 saturated heterocycles. The lowest BCUT2D eigenvalue weighted by Gasteiger charge is -2.19. The third kappa shape index (κ3) is 6.36. The van der Waals surface area contributed by atoms with E-state index in [2.05, 4.69) is 5.32 Å². The van der Waals surface area contributed by atoms with Crippen LogP contribution >= 0.6 is 0 Å². The molecule has 0 heterocycles. The third-order valence-electron chi connectivity index (χ3n) is 2.91. The van der Waals surface area contributed by atoms with Gasteiger partial charge in [-0.05, 0) is 17.4 Å². The molecule has 0 aromatic heterocycles. The van der Waals surface area contributed by atoms with Gasteiger partial charge in [-0.3, -0.25) is 9.59 Å². The SMILES string of the molecule is CC(C)(C)CC(=O)NC[C@H](Cc1ccccc1)C(=O)O. The van der Waals surface area contributed by atoms with E-state index in [4.69, 9.17) is 0 Å². The van der Waals surface area contributed by atoms with Crippen LogP contribution in [0.15, 0.2) is 30.3 Å². The maximum atomic E-state index is 11.7. The third-order valence-corrected chi connectivity index (χ3v) is 2.91. The zero-order chi connectivity index (χ0) is 15.2. The molecule has 0 radical (unpaired) electrons. The van der Waals surface area contributed by atoms with Crippen LogP contribution in [0.3, 0.4) is 0 Å². The summed E-state index contributed by atoms with van der Waals surface area (Å²) in [6, 6.07) is 9.45. The summed E-state index contributed by atoms with van der Waals surface area (Å²) in [5, 5.41) is 11.9. The monoisotopic (exact) mass is 277 g/mol. The Morgan fingerprint density at radius 3 is 2.30 bits per heavy atom. The molecule has 20 heavy (non-hydrogen) atoms. The smallest absolute Gasteiger partial charge is 0.308 e. The summed E-state index contributed by atoms with van der Waals surface area (Å²) >= 11 is 0. The summed E-state index contributed by atoms with van der Waals surface area (Å²) in [6.45, 7) is 6.10. The number of carbonyl (C=O) groups is 2. The number of nitrogens with one attached hydrogen (secondary N) is 1. The first-order chi connectivity index (χ1) is 9.28. The van der Waals surface area contributed by atoms with E-state index < -0.39 is 11.9 Å². The molecule has 0 unspecified atom stereocenters. The van der Waals surface area contributed by atoms with Crippen molar-refractivity contribution in [3.8, 4) is 0 Å². The Bertz CT molecular complexity index is 449. The van der Waals surface area contributed by atoms with Crippen LogP contribution in [0.25, 0.3) is 0 Å². The van der Waals surface area contributed by atoms with Gasteiger partial charge in [0.1, 0.15) is 0 Å². The Morgan fingerprint density at radius 2 is 1.80 bits per heavy atom. The molecule has 0 spiro atoms. The summed E-state index contributed by atoms with van der Waals surface area (Å²) < 4.78 is 0. The molecule has 0 aliphatic rings. The van der Waals surface area contributed by atoms with Gasteiger partial charge in [-0.2, -0.15) is 0 Å². The maximum Gasteiger partial charge on any atom is 0.308 e. The summed E-state index contributed by atoms with van der Waals surface area (Å²) in [5.74, 6) is -1.58. The molecule has 110 valence electrons. The molecule has 0 bridgehead atoms. The highest BCUT2D eigenvalue weighted by molar-refractivity contribution is 5.78. The van der Waals surface area contributed by atoms with Gasteiger partial charge < -0.3 is 10.4 Å². The van der Waals surface area contributed by atoms with E-state index in [0.29, 0.717) is 12.8 Å². The molecule has 0 fully saturated rings. The number of benzene rings is 1. The fraction of sp³-hybridized carbons (Fsp3) is 0.500. The van der Waals surface area contributed by atoms with Crippen molar-refractivity contribution < 1.29 is 14.7 Å². The minimum atomic E-state index is -0.884. The van der Waals surface area contributed by atoms with Gasteiger partial charge in [0.05, 0.1) is 5.92 Å². The van der Waals surface area contributed by atoms with Gasteiger partial charge in [-0.15, -0.1) is 0 Å². The lowest BCUT2D eigenvalue weighted by molar-refractivity contribution is -0.141. The standard InChI is InChI=1S/C16H23NO3/c1-16(2,3)10-14(18)17-11-13(15(19)20)9-12-7-5-4-6-8-12/h4-8,13H,9-11H2,1-3H3,(H,17,18)(H,19,20)/t13-/m0/s1. The predicted molar refractivity (Wildman–Crippen MR) is 78.4 cm³/mol. The van der Waals surface area contributed by atoms with E-state index in [-0.39, 0.29) is 17.9 Å². The lowest BCUT2D eigenvalue weighted by Crippen LogP contribution is -2.35. The molecule has 1 rings (SSSR count). The number of hydrogen-bond acceptors (Lipinski definition) is 2. The molecule has 0 aliphatic carbocycles. The van der Waals surface area contributed by atoms with Gasteiger partial charge in [-0.1, -0.05) is 51.1 Å². The normalized spacial score (nSPS) is 12.8. The van der Waals surface area contributed by atoms with Crippen molar-refractivity contribution in [3.05, 3.63) is 35.9 Å². The van der Waals surface area contributed by atoms with Crippen molar-refractivity contribution in [3.63, 3.8) is 0 Å². The van der Waals surface area contributed by atoms with E-state index in [9.17, 15) is 14.7 Å². The van der Waals surface area contributed by atoms with Gasteiger partial charge in [-0.25, -0.2) is 0 Å². The molecule has 4 nitrogen and oxygen atoms in total. The first kappa shape index (κ1) is 16.2. The van der Waals surface area contributed by atoms with Gasteiger partial charge >= 0.3 is 5.97 Å². The Hall–Kier alpha value is -1.84. The Labute approximate surface area is 120 Å². The van der Waals surface area contributed by atoms with Crippen LogP contribution in [0.5, 0.6) is 0 Å². The predicted octanol–water partition coefficient (Wildman–Crippen LogP) is 2.48. The molecule has 1 amide bonds. The summed E-state index contributed by atoms with van der Waals surface area (Å²) in [7, 11) is 0. The number of amides is 1. The molecule has 0 aliphatic heterocycles. The molecule has 4 heteroatoms. The highest BCUT2D eigenvalue weighted by atomic mass is 16.4. The second-order valence-electron chi connectivity index (χ2n) is 6.27. The number of aliphatic carboxylic acids is 1. The fourth-order valence-electron chi connectivity index (χ4n) is 1.93. The van der Waals surface area contributed by atoms with Crippen molar-refractivity contribution >= 4 is 11.9 Å². The van der Waals surface area contributed by atoms with Crippen LogP contribution in [-0.4, -0.2) is 23.5 Å². The van der Waals surface area contributed by atoms with Crippen molar-refractivity contribution in [2.24, 2.45) is 11.3 Å². The molecular weight excluding hydrogens is 254 g/mol. The summed E-state index contributed by atoms with van der Waals surface area (Å²) in [6.07, 6.45) is 0.816. The maximum absolute atomic E-state index is 11.7. The zero-order valence-corrected chi connectivity index (χ0v) is 12.3. The van der Waals surface area contributed by atoms with Crippen molar-refractivity contribution in [2.45, 2.75) is 33.6 Å². The van der Waals surface area contributed by atoms with Gasteiger partial charge in [0, 0.05) is 13.0 Å². The minimum absolute atomic E-state index is 0.0950. The second-order valence-corrected chi connectivity index (χ2v) is 6.27. The Balaban J connectivity index is 2.52. The average Bonchev–Trinajstić information content (AvgIpc) is 2.33. The number of rotatable bonds is 6. The molecule has 2 N–H and O–H groups in total. The van der Waals surface area contributed by atoms with Crippen LogP contribution < -0.4 is 5.32 Å². The molecule has 1 aromatic rings. The molecule has 0 saturated carbocycles. The van der Waals surface area contributed by atoms with Gasteiger partial charge in [0.15, 0.2) is 0 Å². The van der Waals surface area contributed by atoms with Crippen LogP contribution in [0.2, 0.25) is 0 Å². The van der Waals surface area contributed by atoms with Crippen LogP contribution in [-0.2, 0) is 16.0 Å². The van der Waals surface area contributed by atoms with Crippen LogP contribution in [0.1, 0.15) is 32.8 Å². The number of carboxylic acids is 1. The van der Waals surface area contributed by atoms with E-state index in [1.807, 2.05) is 51.1 Å². The minimum Gasteiger partial charge on any atom is -0.481 e. The van der Waals surface area contributed by atoms with E-state index >= 15 is 0 Å². The van der Waals surface area contributed by atoms with Crippen molar-refractivity contribution in [2.75, 3.05) is 6.54 Å². The highest BCUT2D eigenvalue weighted by Gasteiger charge is 2.21. The number of hydrogen-bond donors (Lipinski definition) is 2. The molecule has 1 aromatic carbocycles. The Morgan fingerprint density at radius 1 is 1.20 bits per heavy atom. The molecule has 1 atom stereocenters. The number of carbonyl (C=O) groups excluding carboxylic acids is 1. The van der Waals surface area contributed by atoms with Crippen LogP contribution in [0.4, 0.5) is 0 Å². The van der Waals surface area contributed by atoms with E-state index in [0.717, 1.165) is 5.56 Å². The molecular formula is C16H23NO3. The van der Waals surface area contributed by atoms with Crippen molar-refractivity contribution in [1.82, 2.24) is 5.32 Å². The largest absolute Gasteiger partial charge is 0.481 e. The second kappa shape index (κ2) is 7.08. The fourth-order valence-corrected chi connectivity index (χ4v) is 1.93. The lowest BCUT2D eigenvalue weighted by atomic mass is 9.91. The number of carboxylic acid groups (broad SMARTS) is 1. The van der Waals surface area contributed by atoms with E-state index in [1.165, 1.54) is 0 Å². The summed E-state index contributed by atoms with van der Waals surface area (Å²) in [5.41, 5.74) is 0.868.